The van der Waals surface area contributed by atoms with Crippen molar-refractivity contribution in [1.29, 1.82) is 0 Å². The van der Waals surface area contributed by atoms with Crippen molar-refractivity contribution in [2.24, 2.45) is 0 Å². The third kappa shape index (κ3) is 2.10. The van der Waals surface area contributed by atoms with Gasteiger partial charge in [-0.15, -0.1) is 0 Å². The molecule has 3 heterocycles. The van der Waals surface area contributed by atoms with E-state index in [2.05, 4.69) is 14.8 Å². The van der Waals surface area contributed by atoms with Gasteiger partial charge in [0.1, 0.15) is 23.5 Å². The van der Waals surface area contributed by atoms with E-state index in [1.807, 2.05) is 0 Å². The largest absolute Gasteiger partial charge is 0.394 e. The molecular formula is C13H15N5O5. The highest BCUT2D eigenvalue weighted by molar-refractivity contribution is 5.90. The van der Waals surface area contributed by atoms with Gasteiger partial charge in [-0.25, -0.2) is 4.85 Å². The molecule has 10 heteroatoms. The fourth-order valence-corrected chi connectivity index (χ4v) is 2.81. The molecule has 1 aliphatic heterocycles. The molecule has 4 atom stereocenters. The number of fused-ring (bicyclic) bond motifs is 1. The number of hydrogen-bond donors (Lipinski definition) is 5. The summed E-state index contributed by atoms with van der Waals surface area (Å²) in [5, 5.41) is 29.9. The quantitative estimate of drug-likeness (QED) is 0.438. The van der Waals surface area contributed by atoms with Gasteiger partial charge in [0.25, 0.3) is 5.56 Å². The third-order valence-corrected chi connectivity index (χ3v) is 3.99. The molecule has 0 amide bonds. The van der Waals surface area contributed by atoms with E-state index in [1.165, 1.54) is 17.7 Å². The van der Waals surface area contributed by atoms with Crippen LogP contribution in [-0.4, -0.2) is 54.3 Å². The average Bonchev–Trinajstić information content (AvgIpc) is 2.95. The standard InChI is InChI=1S/C13H15N5O5/c1-13(22)8(20)6(4-19)23-11(13)18-3-5(15-2)7-9(18)16-12(14)17-10(7)21/h3,6,8,11,19-20,22H,4H2,1H3,(H3,14,16,17,21)/t6-,8?,11-,13+/m1/s1. The number of nitrogens with two attached hydrogens (primary N) is 1. The minimum atomic E-state index is -1.77. The summed E-state index contributed by atoms with van der Waals surface area (Å²) in [4.78, 5) is 21.6. The number of rotatable bonds is 2. The van der Waals surface area contributed by atoms with Crippen LogP contribution in [0, 0.1) is 6.57 Å². The third-order valence-electron chi connectivity index (χ3n) is 3.99. The first-order valence-electron chi connectivity index (χ1n) is 6.75. The molecule has 0 spiro atoms. The molecular weight excluding hydrogens is 306 g/mol. The van der Waals surface area contributed by atoms with Gasteiger partial charge in [0, 0.05) is 6.20 Å². The molecule has 1 unspecified atom stereocenters. The Morgan fingerprint density at radius 3 is 2.91 bits per heavy atom. The Balaban J connectivity index is 2.26. The van der Waals surface area contributed by atoms with Gasteiger partial charge in [0.15, 0.2) is 6.23 Å². The normalized spacial score (nSPS) is 30.7. The molecule has 0 aromatic carbocycles. The predicted molar refractivity (Wildman–Crippen MR) is 78.7 cm³/mol. The summed E-state index contributed by atoms with van der Waals surface area (Å²) in [5.74, 6) is -0.157. The van der Waals surface area contributed by atoms with Gasteiger partial charge in [0.05, 0.1) is 18.6 Å². The Kier molecular flexibility index (Phi) is 3.38. The van der Waals surface area contributed by atoms with Crippen LogP contribution < -0.4 is 11.3 Å². The van der Waals surface area contributed by atoms with E-state index in [1.54, 1.807) is 0 Å². The number of anilines is 1. The van der Waals surface area contributed by atoms with Crippen LogP contribution in [0.5, 0.6) is 0 Å². The number of nitrogens with one attached hydrogen (secondary N) is 1. The molecule has 0 bridgehead atoms. The molecule has 1 fully saturated rings. The first-order valence-corrected chi connectivity index (χ1v) is 6.75. The molecule has 6 N–H and O–H groups in total. The number of ether oxygens (including phenoxy) is 1. The number of aromatic nitrogens is 3. The van der Waals surface area contributed by atoms with Crippen LogP contribution in [0.25, 0.3) is 15.9 Å². The first-order chi connectivity index (χ1) is 10.8. The zero-order chi connectivity index (χ0) is 16.9. The average molecular weight is 321 g/mol. The molecule has 0 aliphatic carbocycles. The minimum absolute atomic E-state index is 0.00934. The molecule has 2 aromatic rings. The fraction of sp³-hybridized carbons (Fsp3) is 0.462. The van der Waals surface area contributed by atoms with Crippen molar-refractivity contribution < 1.29 is 20.1 Å². The van der Waals surface area contributed by atoms with E-state index < -0.39 is 36.2 Å². The van der Waals surface area contributed by atoms with Crippen LogP contribution in [0.1, 0.15) is 13.2 Å². The Bertz CT molecular complexity index is 864. The maximum absolute atomic E-state index is 12.0. The maximum atomic E-state index is 12.0. The molecule has 3 rings (SSSR count). The Morgan fingerprint density at radius 2 is 2.35 bits per heavy atom. The SMILES string of the molecule is [C-]#[N+]c1cn([C@@H]2O[C@H](CO)C(O)[C@]2(C)O)c2nc(N)[nH]c(=O)c12. The topological polar surface area (TPSA) is 151 Å². The van der Waals surface area contributed by atoms with Gasteiger partial charge in [0.2, 0.25) is 11.6 Å². The molecule has 0 radical (unpaired) electrons. The molecule has 1 aliphatic rings. The maximum Gasteiger partial charge on any atom is 0.251 e. The molecule has 122 valence electrons. The lowest BCUT2D eigenvalue weighted by atomic mass is 9.96. The van der Waals surface area contributed by atoms with Crippen molar-refractivity contribution in [1.82, 2.24) is 14.5 Å². The second kappa shape index (κ2) is 5.04. The highest BCUT2D eigenvalue weighted by atomic mass is 16.6. The van der Waals surface area contributed by atoms with Crippen LogP contribution in [0.3, 0.4) is 0 Å². The van der Waals surface area contributed by atoms with Gasteiger partial charge < -0.3 is 30.4 Å². The zero-order valence-electron chi connectivity index (χ0n) is 12.1. The van der Waals surface area contributed by atoms with Crippen molar-refractivity contribution in [3.05, 3.63) is 28.0 Å². The number of hydrogen-bond acceptors (Lipinski definition) is 7. The number of aliphatic hydroxyl groups is 3. The highest BCUT2D eigenvalue weighted by Gasteiger charge is 2.53. The van der Waals surface area contributed by atoms with Crippen molar-refractivity contribution in [2.75, 3.05) is 12.3 Å². The van der Waals surface area contributed by atoms with E-state index in [0.717, 1.165) is 0 Å². The first kappa shape index (κ1) is 15.4. The summed E-state index contributed by atoms with van der Waals surface area (Å²) in [5.41, 5.74) is 3.24. The van der Waals surface area contributed by atoms with Gasteiger partial charge in [-0.2, -0.15) is 4.98 Å². The van der Waals surface area contributed by atoms with Crippen LogP contribution in [0.2, 0.25) is 0 Å². The van der Waals surface area contributed by atoms with Gasteiger partial charge >= 0.3 is 0 Å². The summed E-state index contributed by atoms with van der Waals surface area (Å²) < 4.78 is 6.76. The predicted octanol–water partition coefficient (Wildman–Crippen LogP) is -1.14. The lowest BCUT2D eigenvalue weighted by molar-refractivity contribution is -0.0947. The van der Waals surface area contributed by atoms with E-state index in [-0.39, 0.29) is 22.7 Å². The lowest BCUT2D eigenvalue weighted by Crippen LogP contribution is -2.44. The number of aromatic amines is 1. The monoisotopic (exact) mass is 321 g/mol. The highest BCUT2D eigenvalue weighted by Crippen LogP contribution is 2.41. The summed E-state index contributed by atoms with van der Waals surface area (Å²) in [7, 11) is 0. The van der Waals surface area contributed by atoms with E-state index in [0.29, 0.717) is 0 Å². The number of H-pyrrole nitrogens is 1. The summed E-state index contributed by atoms with van der Waals surface area (Å²) in [6, 6.07) is 0. The van der Waals surface area contributed by atoms with Crippen molar-refractivity contribution in [2.45, 2.75) is 31.0 Å². The van der Waals surface area contributed by atoms with Crippen molar-refractivity contribution >= 4 is 22.7 Å². The lowest BCUT2D eigenvalue weighted by Gasteiger charge is -2.27. The van der Waals surface area contributed by atoms with Gasteiger partial charge in [-0.1, -0.05) is 0 Å². The molecule has 10 nitrogen and oxygen atoms in total. The number of nitrogen functional groups attached to an aromatic ring is 1. The Hall–Kier alpha value is -2.45. The van der Waals surface area contributed by atoms with Gasteiger partial charge in [-0.05, 0) is 6.92 Å². The van der Waals surface area contributed by atoms with Crippen LogP contribution in [0.15, 0.2) is 11.0 Å². The fourth-order valence-electron chi connectivity index (χ4n) is 2.81. The summed E-state index contributed by atoms with van der Waals surface area (Å²) in [6.07, 6.45) is -2.22. The van der Waals surface area contributed by atoms with Crippen LogP contribution in [0.4, 0.5) is 11.6 Å². The van der Waals surface area contributed by atoms with E-state index >= 15 is 0 Å². The molecule has 23 heavy (non-hydrogen) atoms. The molecule has 2 aromatic heterocycles. The summed E-state index contributed by atoms with van der Waals surface area (Å²) >= 11 is 0. The van der Waals surface area contributed by atoms with Crippen molar-refractivity contribution in [3.8, 4) is 0 Å². The van der Waals surface area contributed by atoms with Crippen LogP contribution in [-0.2, 0) is 4.74 Å². The van der Waals surface area contributed by atoms with Gasteiger partial charge in [-0.3, -0.25) is 9.78 Å². The van der Waals surface area contributed by atoms with E-state index in [9.17, 15) is 20.1 Å². The van der Waals surface area contributed by atoms with Crippen molar-refractivity contribution in [3.63, 3.8) is 0 Å². The van der Waals surface area contributed by atoms with Crippen LogP contribution >= 0.6 is 0 Å². The second-order valence-electron chi connectivity index (χ2n) is 5.56. The Labute approximate surface area is 129 Å². The second-order valence-corrected chi connectivity index (χ2v) is 5.56. The Morgan fingerprint density at radius 1 is 1.65 bits per heavy atom. The zero-order valence-corrected chi connectivity index (χ0v) is 12.1. The number of nitrogens with zero attached hydrogens (tertiary/aromatic N) is 3. The van der Waals surface area contributed by atoms with E-state index in [4.69, 9.17) is 17.0 Å². The molecule has 0 saturated carbocycles. The number of aliphatic hydroxyl groups excluding tert-OH is 2. The molecule has 1 saturated heterocycles. The smallest absolute Gasteiger partial charge is 0.251 e. The summed E-state index contributed by atoms with van der Waals surface area (Å²) in [6.45, 7) is 8.01. The minimum Gasteiger partial charge on any atom is -0.394 e.